The van der Waals surface area contributed by atoms with Crippen molar-refractivity contribution in [3.8, 4) is 0 Å². The standard InChI is InChI=1S/C14H25NO3/c1-11(2)18-10-13(16)9-15-12(3)6-7-14-5-4-8-17-14/h4-5,8,11-13,15-16H,6-7,9-10H2,1-3H3. The second kappa shape index (κ2) is 8.29. The Hall–Kier alpha value is -0.840. The highest BCUT2D eigenvalue weighted by Gasteiger charge is 2.08. The maximum atomic E-state index is 9.69. The Kier molecular flexibility index (Phi) is 7.01. The normalized spacial score (nSPS) is 14.9. The molecule has 0 spiro atoms. The first kappa shape index (κ1) is 15.2. The Bertz CT molecular complexity index is 298. The Morgan fingerprint density at radius 3 is 2.78 bits per heavy atom. The van der Waals surface area contributed by atoms with E-state index in [-0.39, 0.29) is 6.10 Å². The molecule has 2 N–H and O–H groups in total. The number of nitrogens with one attached hydrogen (secondary N) is 1. The van der Waals surface area contributed by atoms with E-state index in [1.807, 2.05) is 26.0 Å². The molecule has 0 aliphatic rings. The number of aliphatic hydroxyl groups is 1. The Morgan fingerprint density at radius 2 is 2.17 bits per heavy atom. The van der Waals surface area contributed by atoms with Crippen LogP contribution in [-0.4, -0.2) is 36.5 Å². The second-order valence-electron chi connectivity index (χ2n) is 4.96. The number of aryl methyl sites for hydroxylation is 1. The molecule has 0 bridgehead atoms. The van der Waals surface area contributed by atoms with E-state index in [0.717, 1.165) is 18.6 Å². The van der Waals surface area contributed by atoms with Crippen molar-refractivity contribution in [3.05, 3.63) is 24.2 Å². The van der Waals surface area contributed by atoms with Crippen LogP contribution in [-0.2, 0) is 11.2 Å². The quantitative estimate of drug-likeness (QED) is 0.708. The van der Waals surface area contributed by atoms with Crippen molar-refractivity contribution < 1.29 is 14.3 Å². The van der Waals surface area contributed by atoms with Gasteiger partial charge in [-0.2, -0.15) is 0 Å². The van der Waals surface area contributed by atoms with Crippen LogP contribution < -0.4 is 5.32 Å². The SMILES string of the molecule is CC(CCc1ccco1)NCC(O)COC(C)C. The van der Waals surface area contributed by atoms with Gasteiger partial charge in [0.05, 0.1) is 25.1 Å². The molecule has 1 aromatic rings. The van der Waals surface area contributed by atoms with Gasteiger partial charge in [0.15, 0.2) is 0 Å². The zero-order valence-electron chi connectivity index (χ0n) is 11.6. The van der Waals surface area contributed by atoms with Crippen LogP contribution in [0.2, 0.25) is 0 Å². The number of ether oxygens (including phenoxy) is 1. The summed E-state index contributed by atoms with van der Waals surface area (Å²) in [4.78, 5) is 0. The van der Waals surface area contributed by atoms with E-state index in [4.69, 9.17) is 9.15 Å². The van der Waals surface area contributed by atoms with Crippen molar-refractivity contribution >= 4 is 0 Å². The Labute approximate surface area is 109 Å². The van der Waals surface area contributed by atoms with Gasteiger partial charge in [-0.05, 0) is 39.3 Å². The maximum absolute atomic E-state index is 9.69. The van der Waals surface area contributed by atoms with Crippen LogP contribution in [0.4, 0.5) is 0 Å². The molecule has 2 atom stereocenters. The molecule has 0 amide bonds. The molecule has 104 valence electrons. The monoisotopic (exact) mass is 255 g/mol. The van der Waals surface area contributed by atoms with Gasteiger partial charge in [0.25, 0.3) is 0 Å². The first-order valence-electron chi connectivity index (χ1n) is 6.63. The van der Waals surface area contributed by atoms with E-state index in [0.29, 0.717) is 19.2 Å². The van der Waals surface area contributed by atoms with E-state index in [1.165, 1.54) is 0 Å². The molecule has 4 nitrogen and oxygen atoms in total. The molecule has 0 aromatic carbocycles. The predicted octanol–water partition coefficient (Wildman–Crippen LogP) is 1.98. The summed E-state index contributed by atoms with van der Waals surface area (Å²) >= 11 is 0. The lowest BCUT2D eigenvalue weighted by Crippen LogP contribution is -2.36. The van der Waals surface area contributed by atoms with Crippen LogP contribution >= 0.6 is 0 Å². The highest BCUT2D eigenvalue weighted by atomic mass is 16.5. The van der Waals surface area contributed by atoms with Crippen LogP contribution in [0.3, 0.4) is 0 Å². The fraction of sp³-hybridized carbons (Fsp3) is 0.714. The van der Waals surface area contributed by atoms with Crippen molar-refractivity contribution in [1.82, 2.24) is 5.32 Å². The summed E-state index contributed by atoms with van der Waals surface area (Å²) in [7, 11) is 0. The molecule has 0 aliphatic carbocycles. The van der Waals surface area contributed by atoms with Gasteiger partial charge in [-0.1, -0.05) is 0 Å². The van der Waals surface area contributed by atoms with Gasteiger partial charge < -0.3 is 19.6 Å². The molecule has 2 unspecified atom stereocenters. The van der Waals surface area contributed by atoms with Gasteiger partial charge in [-0.25, -0.2) is 0 Å². The molecule has 1 heterocycles. The smallest absolute Gasteiger partial charge is 0.103 e. The zero-order valence-corrected chi connectivity index (χ0v) is 11.6. The number of furan rings is 1. The summed E-state index contributed by atoms with van der Waals surface area (Å²) in [5.41, 5.74) is 0. The van der Waals surface area contributed by atoms with Gasteiger partial charge in [0.2, 0.25) is 0 Å². The van der Waals surface area contributed by atoms with Crippen LogP contribution in [0.15, 0.2) is 22.8 Å². The van der Waals surface area contributed by atoms with E-state index in [9.17, 15) is 5.11 Å². The van der Waals surface area contributed by atoms with E-state index in [1.54, 1.807) is 6.26 Å². The zero-order chi connectivity index (χ0) is 13.4. The third kappa shape index (κ3) is 6.79. The second-order valence-corrected chi connectivity index (χ2v) is 4.96. The van der Waals surface area contributed by atoms with Crippen molar-refractivity contribution in [2.45, 2.75) is 51.9 Å². The largest absolute Gasteiger partial charge is 0.469 e. The average Bonchev–Trinajstić information content (AvgIpc) is 2.84. The van der Waals surface area contributed by atoms with E-state index < -0.39 is 6.10 Å². The van der Waals surface area contributed by atoms with Crippen LogP contribution in [0.5, 0.6) is 0 Å². The van der Waals surface area contributed by atoms with Crippen LogP contribution in [0.1, 0.15) is 33.0 Å². The minimum absolute atomic E-state index is 0.163. The lowest BCUT2D eigenvalue weighted by Gasteiger charge is -2.17. The fourth-order valence-electron chi connectivity index (χ4n) is 1.62. The molecule has 4 heteroatoms. The van der Waals surface area contributed by atoms with E-state index in [2.05, 4.69) is 12.2 Å². The Morgan fingerprint density at radius 1 is 1.39 bits per heavy atom. The van der Waals surface area contributed by atoms with Gasteiger partial charge >= 0.3 is 0 Å². The Balaban J connectivity index is 2.07. The molecular formula is C14H25NO3. The van der Waals surface area contributed by atoms with Crippen molar-refractivity contribution in [3.63, 3.8) is 0 Å². The first-order valence-corrected chi connectivity index (χ1v) is 6.63. The third-order valence-corrected chi connectivity index (χ3v) is 2.73. The molecule has 0 saturated heterocycles. The fourth-order valence-corrected chi connectivity index (χ4v) is 1.62. The summed E-state index contributed by atoms with van der Waals surface area (Å²) in [6.45, 7) is 6.98. The van der Waals surface area contributed by atoms with Crippen molar-refractivity contribution in [1.29, 1.82) is 0 Å². The molecule has 18 heavy (non-hydrogen) atoms. The van der Waals surface area contributed by atoms with Gasteiger partial charge in [-0.15, -0.1) is 0 Å². The minimum atomic E-state index is -0.446. The highest BCUT2D eigenvalue weighted by molar-refractivity contribution is 4.98. The van der Waals surface area contributed by atoms with Gasteiger partial charge in [0, 0.05) is 19.0 Å². The number of hydrogen-bond donors (Lipinski definition) is 2. The molecule has 1 rings (SSSR count). The molecular weight excluding hydrogens is 230 g/mol. The van der Waals surface area contributed by atoms with E-state index >= 15 is 0 Å². The van der Waals surface area contributed by atoms with Crippen LogP contribution in [0, 0.1) is 0 Å². The van der Waals surface area contributed by atoms with Crippen LogP contribution in [0.25, 0.3) is 0 Å². The molecule has 0 radical (unpaired) electrons. The number of hydrogen-bond acceptors (Lipinski definition) is 4. The summed E-state index contributed by atoms with van der Waals surface area (Å²) < 4.78 is 10.6. The molecule has 0 fully saturated rings. The lowest BCUT2D eigenvalue weighted by atomic mass is 10.1. The number of rotatable bonds is 9. The van der Waals surface area contributed by atoms with Gasteiger partial charge in [0.1, 0.15) is 5.76 Å². The number of aliphatic hydroxyl groups excluding tert-OH is 1. The predicted molar refractivity (Wildman–Crippen MR) is 71.6 cm³/mol. The topological polar surface area (TPSA) is 54.6 Å². The summed E-state index contributed by atoms with van der Waals surface area (Å²) in [5, 5.41) is 13.0. The molecule has 1 aromatic heterocycles. The minimum Gasteiger partial charge on any atom is -0.469 e. The lowest BCUT2D eigenvalue weighted by molar-refractivity contribution is 0.00554. The average molecular weight is 255 g/mol. The van der Waals surface area contributed by atoms with Crippen molar-refractivity contribution in [2.75, 3.05) is 13.2 Å². The van der Waals surface area contributed by atoms with Crippen molar-refractivity contribution in [2.24, 2.45) is 0 Å². The summed E-state index contributed by atoms with van der Waals surface area (Å²) in [6.07, 6.45) is 3.32. The van der Waals surface area contributed by atoms with Gasteiger partial charge in [-0.3, -0.25) is 0 Å². The first-order chi connectivity index (χ1) is 8.58. The maximum Gasteiger partial charge on any atom is 0.103 e. The summed E-state index contributed by atoms with van der Waals surface area (Å²) in [6, 6.07) is 4.24. The highest BCUT2D eigenvalue weighted by Crippen LogP contribution is 2.05. The third-order valence-electron chi connectivity index (χ3n) is 2.73. The molecule has 0 aliphatic heterocycles. The summed E-state index contributed by atoms with van der Waals surface area (Å²) in [5.74, 6) is 1.01. The molecule has 0 saturated carbocycles.